The Kier molecular flexibility index (Phi) is 6.19. The Morgan fingerprint density at radius 2 is 2.06 bits per heavy atom. The predicted octanol–water partition coefficient (Wildman–Crippen LogP) is 3.20. The average molecular weight is 447 g/mol. The Morgan fingerprint density at radius 1 is 1.18 bits per heavy atom. The lowest BCUT2D eigenvalue weighted by molar-refractivity contribution is -0.134. The van der Waals surface area contributed by atoms with Crippen molar-refractivity contribution in [2.45, 2.75) is 31.5 Å². The molecule has 8 heteroatoms. The molecule has 0 bridgehead atoms. The molecular weight excluding hydrogens is 420 g/mol. The van der Waals surface area contributed by atoms with E-state index in [2.05, 4.69) is 15.0 Å². The topological polar surface area (TPSA) is 95.8 Å². The molecule has 33 heavy (non-hydrogen) atoms. The van der Waals surface area contributed by atoms with Crippen molar-refractivity contribution < 1.29 is 18.8 Å². The van der Waals surface area contributed by atoms with Gasteiger partial charge in [-0.3, -0.25) is 9.69 Å². The average Bonchev–Trinajstić information content (AvgIpc) is 3.59. The van der Waals surface area contributed by atoms with Gasteiger partial charge in [-0.2, -0.15) is 4.98 Å². The highest BCUT2D eigenvalue weighted by atomic mass is 16.5. The Balaban J connectivity index is 1.48. The summed E-state index contributed by atoms with van der Waals surface area (Å²) in [4.78, 5) is 22.0. The Labute approximate surface area is 191 Å². The molecule has 3 heterocycles. The van der Waals surface area contributed by atoms with Crippen LogP contribution in [0.3, 0.4) is 0 Å². The zero-order valence-corrected chi connectivity index (χ0v) is 18.2. The van der Waals surface area contributed by atoms with Crippen molar-refractivity contribution in [2.75, 3.05) is 19.6 Å². The van der Waals surface area contributed by atoms with E-state index in [0.29, 0.717) is 18.9 Å². The van der Waals surface area contributed by atoms with Gasteiger partial charge in [0.2, 0.25) is 12.3 Å². The highest BCUT2D eigenvalue weighted by Gasteiger charge is 2.31. The Hall–Kier alpha value is -3.49. The van der Waals surface area contributed by atoms with Crippen molar-refractivity contribution in [1.82, 2.24) is 19.9 Å². The summed E-state index contributed by atoms with van der Waals surface area (Å²) in [5, 5.41) is 14.9. The number of likely N-dealkylation sites (tertiary alicyclic amines) is 1. The van der Waals surface area contributed by atoms with Crippen LogP contribution < -0.4 is 0 Å². The molecule has 2 aromatic carbocycles. The van der Waals surface area contributed by atoms with Crippen LogP contribution in [0, 0.1) is 0 Å². The first-order valence-corrected chi connectivity index (χ1v) is 11.1. The summed E-state index contributed by atoms with van der Waals surface area (Å²) in [6, 6.07) is 17.4. The third-order valence-corrected chi connectivity index (χ3v) is 6.21. The number of hydrogen-bond acceptors (Lipinski definition) is 7. The summed E-state index contributed by atoms with van der Waals surface area (Å²) in [7, 11) is 0. The van der Waals surface area contributed by atoms with Gasteiger partial charge >= 0.3 is 0 Å². The molecule has 0 radical (unpaired) electrons. The molecule has 4 aromatic rings. The molecule has 0 aliphatic carbocycles. The number of carbonyl (C=O) groups is 1. The maximum Gasteiger partial charge on any atom is 0.227 e. The standard InChI is InChI=1S/C25H26N4O4/c30-20-9-11-28(14-20)15-22(18-5-2-1-3-6-18)29(16-24-26-17-33-27-24)25(31)13-19-7-4-8-23-21(19)10-12-32-23/h1-8,10,12,17,20,22,30H,9,11,13-16H2. The highest BCUT2D eigenvalue weighted by molar-refractivity contribution is 5.87. The number of aromatic nitrogens is 2. The molecule has 0 spiro atoms. The number of carbonyl (C=O) groups excluding carboxylic acids is 1. The van der Waals surface area contributed by atoms with Gasteiger partial charge in [-0.15, -0.1) is 0 Å². The maximum absolute atomic E-state index is 13.8. The van der Waals surface area contributed by atoms with Crippen molar-refractivity contribution in [2.24, 2.45) is 0 Å². The Bertz CT molecular complexity index is 1190. The van der Waals surface area contributed by atoms with Crippen molar-refractivity contribution in [1.29, 1.82) is 0 Å². The Morgan fingerprint density at radius 3 is 2.82 bits per heavy atom. The van der Waals surface area contributed by atoms with Crippen molar-refractivity contribution in [3.63, 3.8) is 0 Å². The monoisotopic (exact) mass is 446 g/mol. The van der Waals surface area contributed by atoms with Gasteiger partial charge in [-0.05, 0) is 29.7 Å². The van der Waals surface area contributed by atoms with E-state index in [1.165, 1.54) is 6.39 Å². The fourth-order valence-electron chi connectivity index (χ4n) is 4.54. The maximum atomic E-state index is 13.8. The number of hydrogen-bond donors (Lipinski definition) is 1. The van der Waals surface area contributed by atoms with Crippen LogP contribution in [0.2, 0.25) is 0 Å². The van der Waals surface area contributed by atoms with Gasteiger partial charge < -0.3 is 18.9 Å². The predicted molar refractivity (Wildman–Crippen MR) is 121 cm³/mol. The first-order chi connectivity index (χ1) is 16.2. The van der Waals surface area contributed by atoms with E-state index in [-0.39, 0.29) is 31.0 Å². The van der Waals surface area contributed by atoms with Crippen LogP contribution in [0.4, 0.5) is 0 Å². The number of fused-ring (bicyclic) bond motifs is 1. The molecule has 2 aromatic heterocycles. The van der Waals surface area contributed by atoms with Gasteiger partial charge in [0.05, 0.1) is 31.4 Å². The van der Waals surface area contributed by atoms with Crippen LogP contribution in [-0.2, 0) is 17.8 Å². The second-order valence-corrected chi connectivity index (χ2v) is 8.42. The van der Waals surface area contributed by atoms with Gasteiger partial charge in [0.15, 0.2) is 5.82 Å². The zero-order valence-electron chi connectivity index (χ0n) is 18.2. The minimum absolute atomic E-state index is 0.0397. The molecule has 1 aliphatic rings. The number of aliphatic hydroxyl groups excluding tert-OH is 1. The third kappa shape index (κ3) is 4.81. The summed E-state index contributed by atoms with van der Waals surface area (Å²) in [5.74, 6) is 0.411. The van der Waals surface area contributed by atoms with Gasteiger partial charge in [0.25, 0.3) is 0 Å². The number of β-amino-alcohol motifs (C(OH)–C–C–N with tert-alkyl or cyclic N) is 1. The number of furan rings is 1. The number of nitrogens with zero attached hydrogens (tertiary/aromatic N) is 4. The quantitative estimate of drug-likeness (QED) is 0.444. The van der Waals surface area contributed by atoms with Crippen LogP contribution in [0.1, 0.15) is 29.4 Å². The van der Waals surface area contributed by atoms with E-state index < -0.39 is 0 Å². The highest BCUT2D eigenvalue weighted by Crippen LogP contribution is 2.28. The van der Waals surface area contributed by atoms with Gasteiger partial charge in [0.1, 0.15) is 5.58 Å². The van der Waals surface area contributed by atoms with Crippen LogP contribution >= 0.6 is 0 Å². The molecule has 2 atom stereocenters. The first kappa shape index (κ1) is 21.4. The summed E-state index contributed by atoms with van der Waals surface area (Å²) in [6.45, 7) is 2.23. The number of benzene rings is 2. The molecule has 1 saturated heterocycles. The molecule has 1 N–H and O–H groups in total. The third-order valence-electron chi connectivity index (χ3n) is 6.21. The van der Waals surface area contributed by atoms with E-state index in [4.69, 9.17) is 8.94 Å². The van der Waals surface area contributed by atoms with Crippen LogP contribution in [0.15, 0.2) is 76.2 Å². The van der Waals surface area contributed by atoms with Crippen molar-refractivity contribution in [3.8, 4) is 0 Å². The van der Waals surface area contributed by atoms with E-state index in [1.807, 2.05) is 59.5 Å². The fraction of sp³-hybridized carbons (Fsp3) is 0.320. The molecular formula is C25H26N4O4. The minimum atomic E-state index is -0.332. The summed E-state index contributed by atoms with van der Waals surface area (Å²) >= 11 is 0. The summed E-state index contributed by atoms with van der Waals surface area (Å²) < 4.78 is 10.5. The lowest BCUT2D eigenvalue weighted by Crippen LogP contribution is -2.41. The molecule has 1 aliphatic heterocycles. The second kappa shape index (κ2) is 9.56. The molecule has 1 fully saturated rings. The molecule has 5 rings (SSSR count). The fourth-order valence-corrected chi connectivity index (χ4v) is 4.54. The van der Waals surface area contributed by atoms with Crippen LogP contribution in [0.5, 0.6) is 0 Å². The van der Waals surface area contributed by atoms with Gasteiger partial charge in [-0.25, -0.2) is 0 Å². The minimum Gasteiger partial charge on any atom is -0.464 e. The van der Waals surface area contributed by atoms with E-state index in [1.54, 1.807) is 6.26 Å². The summed E-state index contributed by atoms with van der Waals surface area (Å²) in [5.41, 5.74) is 2.70. The molecule has 0 saturated carbocycles. The van der Waals surface area contributed by atoms with E-state index >= 15 is 0 Å². The summed E-state index contributed by atoms with van der Waals surface area (Å²) in [6.07, 6.45) is 3.55. The van der Waals surface area contributed by atoms with Crippen LogP contribution in [-0.4, -0.2) is 56.7 Å². The lowest BCUT2D eigenvalue weighted by atomic mass is 10.0. The number of rotatable bonds is 8. The normalized spacial score (nSPS) is 17.4. The number of amides is 1. The molecule has 1 amide bonds. The second-order valence-electron chi connectivity index (χ2n) is 8.42. The first-order valence-electron chi connectivity index (χ1n) is 11.1. The smallest absolute Gasteiger partial charge is 0.227 e. The van der Waals surface area contributed by atoms with Crippen LogP contribution in [0.25, 0.3) is 11.0 Å². The zero-order chi connectivity index (χ0) is 22.6. The number of aliphatic hydroxyl groups is 1. The van der Waals surface area contributed by atoms with Gasteiger partial charge in [-0.1, -0.05) is 47.6 Å². The largest absolute Gasteiger partial charge is 0.464 e. The molecule has 2 unspecified atom stereocenters. The van der Waals surface area contributed by atoms with Crippen molar-refractivity contribution >= 4 is 16.9 Å². The van der Waals surface area contributed by atoms with E-state index in [9.17, 15) is 9.90 Å². The lowest BCUT2D eigenvalue weighted by Gasteiger charge is -2.34. The SMILES string of the molecule is O=C(Cc1cccc2occc12)N(Cc1ncon1)C(CN1CCC(O)C1)c1ccccc1. The van der Waals surface area contributed by atoms with E-state index in [0.717, 1.165) is 35.1 Å². The molecule has 170 valence electrons. The van der Waals surface area contributed by atoms with Crippen molar-refractivity contribution in [3.05, 3.63) is 84.2 Å². The van der Waals surface area contributed by atoms with Gasteiger partial charge in [0, 0.05) is 25.0 Å². The molecule has 8 nitrogen and oxygen atoms in total.